The van der Waals surface area contributed by atoms with Gasteiger partial charge in [-0.3, -0.25) is 9.59 Å². The van der Waals surface area contributed by atoms with E-state index in [1.54, 1.807) is 6.07 Å². The Morgan fingerprint density at radius 1 is 1.12 bits per heavy atom. The van der Waals surface area contributed by atoms with Crippen LogP contribution in [0.3, 0.4) is 0 Å². The Labute approximate surface area is 148 Å². The van der Waals surface area contributed by atoms with Gasteiger partial charge in [0.1, 0.15) is 5.75 Å². The number of carbonyl (C=O) groups excluding carboxylic acids is 2. The molecule has 6 heteroatoms. The second-order valence-corrected chi connectivity index (χ2v) is 6.32. The largest absolute Gasteiger partial charge is 0.492 e. The predicted octanol–water partition coefficient (Wildman–Crippen LogP) is 3.13. The number of carbonyl (C=O) groups is 2. The Balaban J connectivity index is 2.14. The molecule has 0 radical (unpaired) electrons. The van der Waals surface area contributed by atoms with E-state index in [9.17, 15) is 9.59 Å². The number of amides is 2. The van der Waals surface area contributed by atoms with Crippen molar-refractivity contribution in [2.75, 3.05) is 32.8 Å². The van der Waals surface area contributed by atoms with Crippen LogP contribution < -0.4 is 4.74 Å². The van der Waals surface area contributed by atoms with Crippen molar-refractivity contribution in [3.63, 3.8) is 0 Å². The van der Waals surface area contributed by atoms with E-state index >= 15 is 0 Å². The van der Waals surface area contributed by atoms with Crippen molar-refractivity contribution in [2.24, 2.45) is 0 Å². The van der Waals surface area contributed by atoms with Crippen molar-refractivity contribution in [3.8, 4) is 5.75 Å². The van der Waals surface area contributed by atoms with Gasteiger partial charge in [0, 0.05) is 38.2 Å². The number of hydrogen-bond acceptors (Lipinski definition) is 3. The fourth-order valence-corrected chi connectivity index (χ4v) is 3.13. The number of benzene rings is 1. The van der Waals surface area contributed by atoms with E-state index < -0.39 is 0 Å². The van der Waals surface area contributed by atoms with Gasteiger partial charge in [-0.05, 0) is 38.0 Å². The lowest BCUT2D eigenvalue weighted by Crippen LogP contribution is -2.37. The standard InChI is InChI=1S/C18H25ClN2O3/c1-4-17(22)20-7-6-8-21(10-9-20)18(23)14-12-15(19)16(24-5-2)11-13(14)3/h11-12H,4-10H2,1-3H3. The van der Waals surface area contributed by atoms with Crippen molar-refractivity contribution in [1.29, 1.82) is 0 Å². The first-order chi connectivity index (χ1) is 11.5. The van der Waals surface area contributed by atoms with Crippen molar-refractivity contribution < 1.29 is 14.3 Å². The molecule has 0 atom stereocenters. The number of ether oxygens (including phenoxy) is 1. The van der Waals surface area contributed by atoms with E-state index in [1.165, 1.54) is 0 Å². The average Bonchev–Trinajstić information content (AvgIpc) is 2.83. The molecule has 1 aliphatic heterocycles. The molecule has 0 unspecified atom stereocenters. The number of aryl methyl sites for hydroxylation is 1. The van der Waals surface area contributed by atoms with Crippen molar-refractivity contribution in [1.82, 2.24) is 9.80 Å². The summed E-state index contributed by atoms with van der Waals surface area (Å²) in [6, 6.07) is 3.49. The van der Waals surface area contributed by atoms with Crippen LogP contribution in [0.1, 0.15) is 42.6 Å². The second-order valence-electron chi connectivity index (χ2n) is 5.91. The summed E-state index contributed by atoms with van der Waals surface area (Å²) in [5, 5.41) is 0.448. The van der Waals surface area contributed by atoms with Crippen molar-refractivity contribution >= 4 is 23.4 Å². The minimum Gasteiger partial charge on any atom is -0.492 e. The zero-order chi connectivity index (χ0) is 17.7. The predicted molar refractivity (Wildman–Crippen MR) is 94.7 cm³/mol. The Morgan fingerprint density at radius 2 is 1.79 bits per heavy atom. The summed E-state index contributed by atoms with van der Waals surface area (Å²) in [5.41, 5.74) is 1.44. The molecule has 5 nitrogen and oxygen atoms in total. The molecule has 1 fully saturated rings. The normalized spacial score (nSPS) is 15.2. The lowest BCUT2D eigenvalue weighted by Gasteiger charge is -2.23. The molecule has 1 heterocycles. The Hall–Kier alpha value is -1.75. The zero-order valence-corrected chi connectivity index (χ0v) is 15.4. The van der Waals surface area contributed by atoms with Crippen LogP contribution in [-0.4, -0.2) is 54.4 Å². The first-order valence-electron chi connectivity index (χ1n) is 8.47. The first kappa shape index (κ1) is 18.6. The Kier molecular flexibility index (Phi) is 6.49. The maximum absolute atomic E-state index is 12.9. The zero-order valence-electron chi connectivity index (χ0n) is 14.6. The van der Waals surface area contributed by atoms with Gasteiger partial charge in [-0.2, -0.15) is 0 Å². The fraction of sp³-hybridized carbons (Fsp3) is 0.556. The summed E-state index contributed by atoms with van der Waals surface area (Å²) in [7, 11) is 0. The molecular weight excluding hydrogens is 328 g/mol. The summed E-state index contributed by atoms with van der Waals surface area (Å²) in [5.74, 6) is 0.705. The number of halogens is 1. The van der Waals surface area contributed by atoms with Crippen LogP contribution >= 0.6 is 11.6 Å². The molecule has 1 aliphatic rings. The molecular formula is C18H25ClN2O3. The summed E-state index contributed by atoms with van der Waals surface area (Å²) < 4.78 is 5.47. The molecule has 0 saturated carbocycles. The molecule has 0 aliphatic carbocycles. The summed E-state index contributed by atoms with van der Waals surface area (Å²) >= 11 is 6.23. The molecule has 24 heavy (non-hydrogen) atoms. The molecule has 0 N–H and O–H groups in total. The minimum absolute atomic E-state index is 0.0387. The monoisotopic (exact) mass is 352 g/mol. The number of nitrogens with zero attached hydrogens (tertiary/aromatic N) is 2. The molecule has 132 valence electrons. The molecule has 0 aromatic heterocycles. The van der Waals surface area contributed by atoms with E-state index in [4.69, 9.17) is 16.3 Å². The van der Waals surface area contributed by atoms with Crippen molar-refractivity contribution in [2.45, 2.75) is 33.6 Å². The van der Waals surface area contributed by atoms with Gasteiger partial charge in [-0.1, -0.05) is 18.5 Å². The Morgan fingerprint density at radius 3 is 2.46 bits per heavy atom. The molecule has 0 bridgehead atoms. The molecule has 2 rings (SSSR count). The second kappa shape index (κ2) is 8.38. The lowest BCUT2D eigenvalue weighted by atomic mass is 10.1. The topological polar surface area (TPSA) is 49.9 Å². The van der Waals surface area contributed by atoms with E-state index in [0.717, 1.165) is 12.0 Å². The van der Waals surface area contributed by atoms with E-state index in [1.807, 2.05) is 36.6 Å². The van der Waals surface area contributed by atoms with Crippen LogP contribution in [0.5, 0.6) is 5.75 Å². The maximum atomic E-state index is 12.9. The quantitative estimate of drug-likeness (QED) is 0.836. The highest BCUT2D eigenvalue weighted by Crippen LogP contribution is 2.29. The summed E-state index contributed by atoms with van der Waals surface area (Å²) in [6.45, 7) is 8.66. The van der Waals surface area contributed by atoms with Crippen LogP contribution in [0.2, 0.25) is 5.02 Å². The van der Waals surface area contributed by atoms with Gasteiger partial charge < -0.3 is 14.5 Å². The van der Waals surface area contributed by atoms with Gasteiger partial charge in [0.2, 0.25) is 5.91 Å². The first-order valence-corrected chi connectivity index (χ1v) is 8.85. The summed E-state index contributed by atoms with van der Waals surface area (Å²) in [6.07, 6.45) is 1.29. The Bertz CT molecular complexity index is 619. The molecule has 0 spiro atoms. The highest BCUT2D eigenvalue weighted by molar-refractivity contribution is 6.32. The minimum atomic E-state index is -0.0387. The van der Waals surface area contributed by atoms with Gasteiger partial charge >= 0.3 is 0 Å². The molecule has 2 amide bonds. The van der Waals surface area contributed by atoms with Crippen LogP contribution in [0, 0.1) is 6.92 Å². The third kappa shape index (κ3) is 4.20. The van der Waals surface area contributed by atoms with E-state index in [-0.39, 0.29) is 11.8 Å². The van der Waals surface area contributed by atoms with E-state index in [2.05, 4.69) is 0 Å². The van der Waals surface area contributed by atoms with Crippen LogP contribution in [0.25, 0.3) is 0 Å². The highest BCUT2D eigenvalue weighted by Gasteiger charge is 2.23. The van der Waals surface area contributed by atoms with Crippen LogP contribution in [0.15, 0.2) is 12.1 Å². The van der Waals surface area contributed by atoms with E-state index in [0.29, 0.717) is 55.5 Å². The smallest absolute Gasteiger partial charge is 0.254 e. The van der Waals surface area contributed by atoms with Crippen molar-refractivity contribution in [3.05, 3.63) is 28.3 Å². The van der Waals surface area contributed by atoms with Gasteiger partial charge in [-0.15, -0.1) is 0 Å². The number of hydrogen-bond donors (Lipinski definition) is 0. The average molecular weight is 353 g/mol. The molecule has 1 aromatic rings. The number of rotatable bonds is 4. The summed E-state index contributed by atoms with van der Waals surface area (Å²) in [4.78, 5) is 28.4. The highest BCUT2D eigenvalue weighted by atomic mass is 35.5. The lowest BCUT2D eigenvalue weighted by molar-refractivity contribution is -0.130. The molecule has 1 aromatic carbocycles. The van der Waals surface area contributed by atoms with Gasteiger partial charge in [0.05, 0.1) is 11.6 Å². The van der Waals surface area contributed by atoms with Gasteiger partial charge in [0.15, 0.2) is 0 Å². The fourth-order valence-electron chi connectivity index (χ4n) is 2.92. The third-order valence-corrected chi connectivity index (χ3v) is 4.54. The third-order valence-electron chi connectivity index (χ3n) is 4.25. The van der Waals surface area contributed by atoms with Crippen LogP contribution in [-0.2, 0) is 4.79 Å². The molecule has 1 saturated heterocycles. The van der Waals surface area contributed by atoms with Gasteiger partial charge in [0.25, 0.3) is 5.91 Å². The van der Waals surface area contributed by atoms with Crippen LogP contribution in [0.4, 0.5) is 0 Å². The SMILES string of the molecule is CCOc1cc(C)c(C(=O)N2CCCN(C(=O)CC)CC2)cc1Cl. The maximum Gasteiger partial charge on any atom is 0.254 e. The van der Waals surface area contributed by atoms with Gasteiger partial charge in [-0.25, -0.2) is 0 Å².